The Morgan fingerprint density at radius 2 is 1.59 bits per heavy atom. The van der Waals surface area contributed by atoms with Gasteiger partial charge in [-0.3, -0.25) is 9.69 Å². The summed E-state index contributed by atoms with van der Waals surface area (Å²) >= 11 is 0. The molecule has 1 heterocycles. The van der Waals surface area contributed by atoms with Crippen LogP contribution in [-0.4, -0.2) is 62.3 Å². The number of amides is 1. The zero-order valence-corrected chi connectivity index (χ0v) is 21.4. The topological polar surface area (TPSA) is 69.7 Å². The first-order valence-corrected chi connectivity index (χ1v) is 14.0. The van der Waals surface area contributed by atoms with Crippen molar-refractivity contribution in [3.63, 3.8) is 0 Å². The molecule has 0 spiro atoms. The van der Waals surface area contributed by atoms with Gasteiger partial charge in [0, 0.05) is 32.1 Å². The van der Waals surface area contributed by atoms with Crippen LogP contribution in [0.15, 0.2) is 59.5 Å². The summed E-state index contributed by atoms with van der Waals surface area (Å²) in [6.07, 6.45) is 4.81. The number of sulfonamides is 1. The largest absolute Gasteiger partial charge is 0.355 e. The minimum absolute atomic E-state index is 0.0234. The first-order valence-electron chi connectivity index (χ1n) is 12.6. The molecule has 1 amide bonds. The van der Waals surface area contributed by atoms with Crippen LogP contribution in [0.5, 0.6) is 0 Å². The quantitative estimate of drug-likeness (QED) is 0.496. The highest BCUT2D eigenvalue weighted by Crippen LogP contribution is 2.21. The summed E-state index contributed by atoms with van der Waals surface area (Å²) in [6, 6.07) is 17.7. The third-order valence-corrected chi connectivity index (χ3v) is 8.61. The molecule has 1 N–H and O–H groups in total. The van der Waals surface area contributed by atoms with E-state index in [4.69, 9.17) is 0 Å². The number of carbonyl (C=O) groups excluding carboxylic acids is 1. The number of carbonyl (C=O) groups is 1. The molecule has 34 heavy (non-hydrogen) atoms. The predicted octanol–water partition coefficient (Wildman–Crippen LogP) is 3.86. The molecule has 2 aromatic carbocycles. The van der Waals surface area contributed by atoms with Gasteiger partial charge in [-0.25, -0.2) is 8.42 Å². The second-order valence-corrected chi connectivity index (χ2v) is 10.9. The molecule has 0 aromatic heterocycles. The second kappa shape index (κ2) is 13.0. The first-order chi connectivity index (χ1) is 16.4. The van der Waals surface area contributed by atoms with Gasteiger partial charge >= 0.3 is 0 Å². The van der Waals surface area contributed by atoms with Crippen LogP contribution in [0.2, 0.25) is 0 Å². The molecule has 3 rings (SSSR count). The molecule has 0 bridgehead atoms. The van der Waals surface area contributed by atoms with Gasteiger partial charge in [0.1, 0.15) is 0 Å². The van der Waals surface area contributed by atoms with Crippen molar-refractivity contribution in [2.75, 3.05) is 32.7 Å². The maximum Gasteiger partial charge on any atom is 0.243 e. The molecule has 0 aliphatic carbocycles. The Balaban J connectivity index is 1.51. The van der Waals surface area contributed by atoms with Gasteiger partial charge in [-0.15, -0.1) is 0 Å². The molecule has 1 fully saturated rings. The predicted molar refractivity (Wildman–Crippen MR) is 137 cm³/mol. The van der Waals surface area contributed by atoms with Crippen molar-refractivity contribution < 1.29 is 13.2 Å². The molecule has 1 saturated heterocycles. The van der Waals surface area contributed by atoms with Gasteiger partial charge in [-0.2, -0.15) is 4.31 Å². The van der Waals surface area contributed by atoms with E-state index in [1.165, 1.54) is 5.56 Å². The molecule has 186 valence electrons. The molecule has 1 aliphatic heterocycles. The van der Waals surface area contributed by atoms with E-state index < -0.39 is 10.0 Å². The number of nitrogens with one attached hydrogen (secondary N) is 1. The molecule has 0 radical (unpaired) electrons. The standard InChI is InChI=1S/C27H39N3O3S/c1-3-29(4-2)25(21-24-11-7-5-8-12-24)22-28-27(31)18-15-23-13-16-26(17-14-23)34(32,33)30-19-9-6-10-20-30/h5,7-8,11-14,16-17,25H,3-4,6,9-10,15,18-22H2,1-2H3,(H,28,31). The van der Waals surface area contributed by atoms with Crippen molar-refractivity contribution >= 4 is 15.9 Å². The summed E-state index contributed by atoms with van der Waals surface area (Å²) in [5.74, 6) is 0.0234. The highest BCUT2D eigenvalue weighted by atomic mass is 32.2. The minimum atomic E-state index is -3.42. The lowest BCUT2D eigenvalue weighted by Gasteiger charge is -2.30. The number of rotatable bonds is 12. The number of benzene rings is 2. The molecular formula is C27H39N3O3S. The molecule has 1 unspecified atom stereocenters. The normalized spacial score (nSPS) is 15.9. The monoisotopic (exact) mass is 485 g/mol. The number of nitrogens with zero attached hydrogens (tertiary/aromatic N) is 2. The van der Waals surface area contributed by atoms with Crippen LogP contribution in [0.25, 0.3) is 0 Å². The summed E-state index contributed by atoms with van der Waals surface area (Å²) in [6.45, 7) is 8.00. The lowest BCUT2D eigenvalue weighted by molar-refractivity contribution is -0.121. The fourth-order valence-electron chi connectivity index (χ4n) is 4.62. The summed E-state index contributed by atoms with van der Waals surface area (Å²) in [4.78, 5) is 15.3. The Morgan fingerprint density at radius 3 is 2.21 bits per heavy atom. The van der Waals surface area contributed by atoms with Gasteiger partial charge in [0.05, 0.1) is 4.90 Å². The van der Waals surface area contributed by atoms with Crippen LogP contribution in [-0.2, 0) is 27.7 Å². The number of hydrogen-bond acceptors (Lipinski definition) is 4. The summed E-state index contributed by atoms with van der Waals surface area (Å²) in [7, 11) is -3.42. The Morgan fingerprint density at radius 1 is 0.941 bits per heavy atom. The zero-order chi connectivity index (χ0) is 24.4. The third-order valence-electron chi connectivity index (χ3n) is 6.69. The fraction of sp³-hybridized carbons (Fsp3) is 0.519. The van der Waals surface area contributed by atoms with Crippen LogP contribution in [0, 0.1) is 0 Å². The molecule has 2 aromatic rings. The molecule has 6 nitrogen and oxygen atoms in total. The van der Waals surface area contributed by atoms with Crippen molar-refractivity contribution in [3.05, 3.63) is 65.7 Å². The van der Waals surface area contributed by atoms with Gasteiger partial charge < -0.3 is 5.32 Å². The summed E-state index contributed by atoms with van der Waals surface area (Å²) < 4.78 is 27.2. The van der Waals surface area contributed by atoms with E-state index in [0.717, 1.165) is 44.3 Å². The fourth-order valence-corrected chi connectivity index (χ4v) is 6.13. The number of piperidine rings is 1. The molecule has 0 saturated carbocycles. The number of likely N-dealkylation sites (N-methyl/N-ethyl adjacent to an activating group) is 1. The zero-order valence-electron chi connectivity index (χ0n) is 20.6. The van der Waals surface area contributed by atoms with Gasteiger partial charge in [-0.05, 0) is 62.0 Å². The minimum Gasteiger partial charge on any atom is -0.355 e. The Bertz CT molecular complexity index is 984. The van der Waals surface area contributed by atoms with Gasteiger partial charge in [0.25, 0.3) is 0 Å². The number of aryl methyl sites for hydroxylation is 1. The van der Waals surface area contributed by atoms with E-state index >= 15 is 0 Å². The summed E-state index contributed by atoms with van der Waals surface area (Å²) in [5, 5.41) is 3.12. The average Bonchev–Trinajstić information content (AvgIpc) is 2.88. The van der Waals surface area contributed by atoms with Gasteiger partial charge in [-0.1, -0.05) is 62.7 Å². The Kier molecular flexibility index (Phi) is 10.1. The average molecular weight is 486 g/mol. The van der Waals surface area contributed by atoms with Crippen LogP contribution >= 0.6 is 0 Å². The van der Waals surface area contributed by atoms with E-state index in [-0.39, 0.29) is 11.9 Å². The van der Waals surface area contributed by atoms with Gasteiger partial charge in [0.2, 0.25) is 15.9 Å². The van der Waals surface area contributed by atoms with E-state index in [1.807, 2.05) is 18.2 Å². The molecular weight excluding hydrogens is 446 g/mol. The van der Waals surface area contributed by atoms with Crippen molar-refractivity contribution in [2.45, 2.75) is 63.3 Å². The molecule has 1 aliphatic rings. The second-order valence-electron chi connectivity index (χ2n) is 8.98. The molecule has 7 heteroatoms. The third kappa shape index (κ3) is 7.39. The Labute approximate surface area is 205 Å². The van der Waals surface area contributed by atoms with E-state index in [1.54, 1.807) is 16.4 Å². The van der Waals surface area contributed by atoms with Crippen LogP contribution < -0.4 is 5.32 Å². The van der Waals surface area contributed by atoms with Crippen molar-refractivity contribution in [2.24, 2.45) is 0 Å². The van der Waals surface area contributed by atoms with Crippen molar-refractivity contribution in [1.29, 1.82) is 0 Å². The van der Waals surface area contributed by atoms with Crippen molar-refractivity contribution in [1.82, 2.24) is 14.5 Å². The first kappa shape index (κ1) is 26.4. The van der Waals surface area contributed by atoms with Crippen LogP contribution in [0.3, 0.4) is 0 Å². The maximum atomic E-state index is 12.8. The summed E-state index contributed by atoms with van der Waals surface area (Å²) in [5.41, 5.74) is 2.24. The van der Waals surface area contributed by atoms with E-state index in [9.17, 15) is 13.2 Å². The SMILES string of the molecule is CCN(CC)C(CNC(=O)CCc1ccc(S(=O)(=O)N2CCCCC2)cc1)Cc1ccccc1. The maximum absolute atomic E-state index is 12.8. The van der Waals surface area contributed by atoms with E-state index in [0.29, 0.717) is 37.4 Å². The highest BCUT2D eigenvalue weighted by molar-refractivity contribution is 7.89. The van der Waals surface area contributed by atoms with Crippen LogP contribution in [0.4, 0.5) is 0 Å². The van der Waals surface area contributed by atoms with Crippen LogP contribution in [0.1, 0.15) is 50.7 Å². The van der Waals surface area contributed by atoms with Crippen molar-refractivity contribution in [3.8, 4) is 0 Å². The highest BCUT2D eigenvalue weighted by Gasteiger charge is 2.25. The Hall–Kier alpha value is -2.22. The lowest BCUT2D eigenvalue weighted by Crippen LogP contribution is -2.45. The lowest BCUT2D eigenvalue weighted by atomic mass is 10.0. The smallest absolute Gasteiger partial charge is 0.243 e. The van der Waals surface area contributed by atoms with Gasteiger partial charge in [0.15, 0.2) is 0 Å². The number of hydrogen-bond donors (Lipinski definition) is 1. The molecule has 1 atom stereocenters. The van der Waals surface area contributed by atoms with E-state index in [2.05, 4.69) is 48.3 Å².